The summed E-state index contributed by atoms with van der Waals surface area (Å²) in [5.41, 5.74) is 9.86. The van der Waals surface area contributed by atoms with Crippen LogP contribution in [0.25, 0.3) is 11.1 Å². The van der Waals surface area contributed by atoms with Gasteiger partial charge in [-0.3, -0.25) is 0 Å². The van der Waals surface area contributed by atoms with E-state index in [9.17, 15) is 9.90 Å². The summed E-state index contributed by atoms with van der Waals surface area (Å²) in [6.07, 6.45) is 0. The Hall–Kier alpha value is -3.98. The lowest BCUT2D eigenvalue weighted by atomic mass is 9.98. The van der Waals surface area contributed by atoms with Crippen LogP contribution in [0, 0.1) is 11.3 Å². The van der Waals surface area contributed by atoms with Gasteiger partial charge in [0, 0.05) is 11.4 Å². The van der Waals surface area contributed by atoms with E-state index in [2.05, 4.69) is 5.32 Å². The Labute approximate surface area is 169 Å². The van der Waals surface area contributed by atoms with Crippen molar-refractivity contribution in [2.75, 3.05) is 17.7 Å². The van der Waals surface area contributed by atoms with E-state index in [0.717, 1.165) is 11.1 Å². The Morgan fingerprint density at radius 3 is 2.52 bits per heavy atom. The van der Waals surface area contributed by atoms with Crippen molar-refractivity contribution in [3.05, 3.63) is 77.9 Å². The summed E-state index contributed by atoms with van der Waals surface area (Å²) in [5, 5.41) is 21.8. The van der Waals surface area contributed by atoms with Gasteiger partial charge in [0.05, 0.1) is 18.2 Å². The van der Waals surface area contributed by atoms with Gasteiger partial charge in [-0.05, 0) is 78.2 Å². The van der Waals surface area contributed by atoms with Crippen molar-refractivity contribution < 1.29 is 14.6 Å². The Kier molecular flexibility index (Phi) is 6.00. The van der Waals surface area contributed by atoms with Crippen LogP contribution in [0.2, 0.25) is 0 Å². The number of ether oxygens (including phenoxy) is 1. The molecule has 1 unspecified atom stereocenters. The largest absolute Gasteiger partial charge is 0.494 e. The minimum atomic E-state index is -1.03. The van der Waals surface area contributed by atoms with Crippen LogP contribution in [-0.4, -0.2) is 17.7 Å². The highest BCUT2D eigenvalue weighted by atomic mass is 16.5. The van der Waals surface area contributed by atoms with Crippen molar-refractivity contribution in [1.29, 1.82) is 5.26 Å². The third-order valence-corrected chi connectivity index (χ3v) is 4.37. The van der Waals surface area contributed by atoms with Gasteiger partial charge in [0.15, 0.2) is 6.04 Å². The number of nitrogens with zero attached hydrogens (tertiary/aromatic N) is 1. The molecular formula is C23H21N3O3. The number of hydrogen-bond donors (Lipinski definition) is 3. The van der Waals surface area contributed by atoms with Crippen LogP contribution in [0.15, 0.2) is 66.7 Å². The number of nitrogen functional groups attached to an aromatic ring is 1. The van der Waals surface area contributed by atoms with E-state index in [0.29, 0.717) is 34.9 Å². The zero-order chi connectivity index (χ0) is 20.8. The summed E-state index contributed by atoms with van der Waals surface area (Å²) < 4.78 is 5.66. The normalized spacial score (nSPS) is 11.3. The minimum Gasteiger partial charge on any atom is -0.494 e. The summed E-state index contributed by atoms with van der Waals surface area (Å²) in [7, 11) is 0. The van der Waals surface area contributed by atoms with E-state index in [1.54, 1.807) is 36.4 Å². The van der Waals surface area contributed by atoms with Gasteiger partial charge < -0.3 is 20.9 Å². The molecule has 0 saturated heterocycles. The second-order valence-corrected chi connectivity index (χ2v) is 6.45. The van der Waals surface area contributed by atoms with Crippen LogP contribution in [0.3, 0.4) is 0 Å². The molecule has 4 N–H and O–H groups in total. The van der Waals surface area contributed by atoms with Crippen molar-refractivity contribution in [2.24, 2.45) is 0 Å². The number of benzene rings is 3. The number of rotatable bonds is 7. The zero-order valence-corrected chi connectivity index (χ0v) is 15.9. The van der Waals surface area contributed by atoms with Crippen molar-refractivity contribution in [2.45, 2.75) is 13.0 Å². The second kappa shape index (κ2) is 8.81. The summed E-state index contributed by atoms with van der Waals surface area (Å²) in [4.78, 5) is 12.0. The first-order chi connectivity index (χ1) is 14.0. The molecule has 0 aliphatic heterocycles. The van der Waals surface area contributed by atoms with Crippen molar-refractivity contribution in [3.63, 3.8) is 0 Å². The number of nitriles is 1. The van der Waals surface area contributed by atoms with E-state index < -0.39 is 12.0 Å². The first-order valence-electron chi connectivity index (χ1n) is 9.13. The minimum absolute atomic E-state index is 0.459. The second-order valence-electron chi connectivity index (χ2n) is 6.45. The Morgan fingerprint density at radius 1 is 1.14 bits per heavy atom. The lowest BCUT2D eigenvalue weighted by molar-refractivity contribution is -0.138. The topological polar surface area (TPSA) is 108 Å². The number of nitrogens with one attached hydrogen (secondary N) is 1. The van der Waals surface area contributed by atoms with Crippen LogP contribution in [-0.2, 0) is 4.79 Å². The van der Waals surface area contributed by atoms with Crippen LogP contribution in [0.4, 0.5) is 11.4 Å². The first kappa shape index (κ1) is 19.8. The van der Waals surface area contributed by atoms with Crippen LogP contribution in [0.1, 0.15) is 24.1 Å². The van der Waals surface area contributed by atoms with E-state index in [-0.39, 0.29) is 0 Å². The molecule has 0 radical (unpaired) electrons. The SMILES string of the molecule is CCOc1cc(-c2cccc(N)c2)cc(C(Nc2ccc(C#N)cc2)C(=O)O)c1. The van der Waals surface area contributed by atoms with Crippen molar-refractivity contribution in [1.82, 2.24) is 0 Å². The number of carboxylic acids is 1. The van der Waals surface area contributed by atoms with Gasteiger partial charge in [-0.15, -0.1) is 0 Å². The summed E-state index contributed by atoms with van der Waals surface area (Å²) >= 11 is 0. The smallest absolute Gasteiger partial charge is 0.330 e. The van der Waals surface area contributed by atoms with Gasteiger partial charge in [0.1, 0.15) is 5.75 Å². The molecule has 6 heteroatoms. The molecule has 3 aromatic rings. The maximum atomic E-state index is 12.0. The van der Waals surface area contributed by atoms with Crippen LogP contribution in [0.5, 0.6) is 5.75 Å². The van der Waals surface area contributed by atoms with Crippen molar-refractivity contribution >= 4 is 17.3 Å². The molecular weight excluding hydrogens is 366 g/mol. The van der Waals surface area contributed by atoms with E-state index in [4.69, 9.17) is 15.7 Å². The molecule has 0 fully saturated rings. The fourth-order valence-corrected chi connectivity index (χ4v) is 3.02. The highest BCUT2D eigenvalue weighted by Crippen LogP contribution is 2.31. The predicted octanol–water partition coefficient (Wildman–Crippen LogP) is 4.44. The van der Waals surface area contributed by atoms with E-state index >= 15 is 0 Å². The summed E-state index contributed by atoms with van der Waals surface area (Å²) in [5.74, 6) is -0.447. The predicted molar refractivity (Wildman–Crippen MR) is 113 cm³/mol. The van der Waals surface area contributed by atoms with Crippen LogP contribution < -0.4 is 15.8 Å². The number of nitrogens with two attached hydrogens (primary N) is 1. The maximum Gasteiger partial charge on any atom is 0.330 e. The lowest BCUT2D eigenvalue weighted by Crippen LogP contribution is -2.20. The molecule has 0 bridgehead atoms. The van der Waals surface area contributed by atoms with Gasteiger partial charge >= 0.3 is 5.97 Å². The molecule has 0 spiro atoms. The molecule has 0 aromatic heterocycles. The quantitative estimate of drug-likeness (QED) is 0.517. The van der Waals surface area contributed by atoms with Gasteiger partial charge in [-0.25, -0.2) is 4.79 Å². The third kappa shape index (κ3) is 4.85. The Balaban J connectivity index is 2.02. The Bertz CT molecular complexity index is 1060. The molecule has 0 saturated carbocycles. The highest BCUT2D eigenvalue weighted by molar-refractivity contribution is 5.81. The molecule has 0 aliphatic carbocycles. The molecule has 1 atom stereocenters. The molecule has 0 heterocycles. The molecule has 146 valence electrons. The number of hydrogen-bond acceptors (Lipinski definition) is 5. The standard InChI is InChI=1S/C23H21N3O3/c1-2-29-21-12-17(16-4-3-5-19(25)11-16)10-18(13-21)22(23(27)28)26-20-8-6-15(14-24)7-9-20/h3-13,22,26H,2,25H2,1H3,(H,27,28). The van der Waals surface area contributed by atoms with E-state index in [1.807, 2.05) is 43.3 Å². The number of anilines is 2. The molecule has 29 heavy (non-hydrogen) atoms. The summed E-state index contributed by atoms with van der Waals surface area (Å²) in [6, 6.07) is 20.5. The van der Waals surface area contributed by atoms with Gasteiger partial charge in [0.2, 0.25) is 0 Å². The van der Waals surface area contributed by atoms with Crippen LogP contribution >= 0.6 is 0 Å². The lowest BCUT2D eigenvalue weighted by Gasteiger charge is -2.19. The maximum absolute atomic E-state index is 12.0. The highest BCUT2D eigenvalue weighted by Gasteiger charge is 2.21. The van der Waals surface area contributed by atoms with Gasteiger partial charge in [0.25, 0.3) is 0 Å². The number of carbonyl (C=O) groups is 1. The number of carboxylic acid groups (broad SMARTS) is 1. The molecule has 0 amide bonds. The zero-order valence-electron chi connectivity index (χ0n) is 15.9. The fraction of sp³-hybridized carbons (Fsp3) is 0.130. The molecule has 6 nitrogen and oxygen atoms in total. The first-order valence-corrected chi connectivity index (χ1v) is 9.13. The third-order valence-electron chi connectivity index (χ3n) is 4.37. The number of aliphatic carboxylic acids is 1. The average Bonchev–Trinajstić information content (AvgIpc) is 2.72. The fourth-order valence-electron chi connectivity index (χ4n) is 3.02. The summed E-state index contributed by atoms with van der Waals surface area (Å²) in [6.45, 7) is 2.33. The Morgan fingerprint density at radius 2 is 1.90 bits per heavy atom. The van der Waals surface area contributed by atoms with E-state index in [1.165, 1.54) is 0 Å². The van der Waals surface area contributed by atoms with Gasteiger partial charge in [-0.1, -0.05) is 12.1 Å². The molecule has 3 rings (SSSR count). The monoisotopic (exact) mass is 387 g/mol. The molecule has 0 aliphatic rings. The van der Waals surface area contributed by atoms with Gasteiger partial charge in [-0.2, -0.15) is 5.26 Å². The average molecular weight is 387 g/mol. The molecule has 3 aromatic carbocycles. The van der Waals surface area contributed by atoms with Crippen molar-refractivity contribution in [3.8, 4) is 22.9 Å².